The van der Waals surface area contributed by atoms with Crippen molar-refractivity contribution in [1.29, 1.82) is 0 Å². The summed E-state index contributed by atoms with van der Waals surface area (Å²) in [4.78, 5) is 11.2. The lowest BCUT2D eigenvalue weighted by Gasteiger charge is -2.06. The van der Waals surface area contributed by atoms with Gasteiger partial charge in [0.2, 0.25) is 0 Å². The fraction of sp³-hybridized carbons (Fsp3) is 0.222. The first kappa shape index (κ1) is 10.8. The molecule has 1 rings (SSSR count). The van der Waals surface area contributed by atoms with Crippen LogP contribution in [0.3, 0.4) is 0 Å². The van der Waals surface area contributed by atoms with Crippen molar-refractivity contribution in [2.75, 3.05) is 6.61 Å². The number of halogens is 2. The molecule has 0 aromatic heterocycles. The van der Waals surface area contributed by atoms with Gasteiger partial charge >= 0.3 is 5.97 Å². The summed E-state index contributed by atoms with van der Waals surface area (Å²) in [6.45, 7) is 1.68. The zero-order valence-electron chi connectivity index (χ0n) is 7.38. The molecule has 0 aliphatic rings. The highest BCUT2D eigenvalue weighted by Gasteiger charge is 2.19. The van der Waals surface area contributed by atoms with Crippen LogP contribution in [0, 0.1) is 5.82 Å². The Morgan fingerprint density at radius 3 is 2.86 bits per heavy atom. The van der Waals surface area contributed by atoms with Gasteiger partial charge in [-0.1, -0.05) is 11.6 Å². The summed E-state index contributed by atoms with van der Waals surface area (Å²) in [7, 11) is 0. The van der Waals surface area contributed by atoms with Gasteiger partial charge in [0.15, 0.2) is 5.75 Å². The number of aromatic hydroxyl groups is 1. The summed E-state index contributed by atoms with van der Waals surface area (Å²) in [5, 5.41) is 9.21. The maximum absolute atomic E-state index is 13.1. The van der Waals surface area contributed by atoms with Crippen LogP contribution in [-0.4, -0.2) is 17.7 Å². The van der Waals surface area contributed by atoms with Crippen LogP contribution in [0.25, 0.3) is 0 Å². The molecule has 0 atom stereocenters. The minimum absolute atomic E-state index is 0.0885. The third-order valence-electron chi connectivity index (χ3n) is 1.56. The van der Waals surface area contributed by atoms with Crippen molar-refractivity contribution in [3.63, 3.8) is 0 Å². The van der Waals surface area contributed by atoms with E-state index < -0.39 is 23.1 Å². The van der Waals surface area contributed by atoms with E-state index in [4.69, 9.17) is 11.6 Å². The van der Waals surface area contributed by atoms with Gasteiger partial charge in [0.1, 0.15) is 11.4 Å². The number of rotatable bonds is 2. The molecule has 14 heavy (non-hydrogen) atoms. The highest BCUT2D eigenvalue weighted by atomic mass is 35.5. The Balaban J connectivity index is 3.18. The molecule has 0 aliphatic heterocycles. The second-order valence-corrected chi connectivity index (χ2v) is 2.88. The molecular weight excluding hydrogens is 211 g/mol. The van der Waals surface area contributed by atoms with Crippen LogP contribution in [0.5, 0.6) is 5.75 Å². The predicted octanol–water partition coefficient (Wildman–Crippen LogP) is 2.36. The summed E-state index contributed by atoms with van der Waals surface area (Å²) >= 11 is 5.51. The molecule has 0 radical (unpaired) electrons. The molecular formula is C9H8ClFO3. The van der Waals surface area contributed by atoms with Crippen molar-refractivity contribution in [3.8, 4) is 5.75 Å². The standard InChI is InChI=1S/C9H8ClFO3/c1-2-14-9(13)7-6(11)4-3-5(10)8(7)12/h3-4,12H,2H2,1H3. The van der Waals surface area contributed by atoms with Gasteiger partial charge < -0.3 is 9.84 Å². The lowest BCUT2D eigenvalue weighted by atomic mass is 10.2. The van der Waals surface area contributed by atoms with E-state index in [9.17, 15) is 14.3 Å². The number of hydrogen-bond donors (Lipinski definition) is 1. The minimum atomic E-state index is -0.926. The molecule has 0 bridgehead atoms. The number of hydrogen-bond acceptors (Lipinski definition) is 3. The largest absolute Gasteiger partial charge is 0.505 e. The number of carbonyl (C=O) groups is 1. The Morgan fingerprint density at radius 1 is 1.64 bits per heavy atom. The fourth-order valence-corrected chi connectivity index (χ4v) is 1.10. The summed E-state index contributed by atoms with van der Waals surface area (Å²) in [5.41, 5.74) is -0.528. The van der Waals surface area contributed by atoms with Crippen LogP contribution in [0.2, 0.25) is 5.02 Å². The van der Waals surface area contributed by atoms with E-state index in [-0.39, 0.29) is 11.6 Å². The molecule has 0 aliphatic carbocycles. The highest BCUT2D eigenvalue weighted by molar-refractivity contribution is 6.32. The van der Waals surface area contributed by atoms with Crippen LogP contribution in [-0.2, 0) is 4.74 Å². The molecule has 1 aromatic carbocycles. The van der Waals surface area contributed by atoms with Gasteiger partial charge in [-0.15, -0.1) is 0 Å². The summed E-state index contributed by atoms with van der Waals surface area (Å²) in [6.07, 6.45) is 0. The van der Waals surface area contributed by atoms with Gasteiger partial charge in [-0.3, -0.25) is 0 Å². The second-order valence-electron chi connectivity index (χ2n) is 2.47. The Bertz CT molecular complexity index is 365. The number of carbonyl (C=O) groups excluding carboxylic acids is 1. The molecule has 0 heterocycles. The molecule has 76 valence electrons. The van der Waals surface area contributed by atoms with Crippen molar-refractivity contribution in [2.24, 2.45) is 0 Å². The summed E-state index contributed by atoms with van der Waals surface area (Å²) in [5.74, 6) is -2.37. The summed E-state index contributed by atoms with van der Waals surface area (Å²) < 4.78 is 17.6. The van der Waals surface area contributed by atoms with Crippen LogP contribution in [0.15, 0.2) is 12.1 Å². The average molecular weight is 219 g/mol. The van der Waals surface area contributed by atoms with E-state index >= 15 is 0 Å². The van der Waals surface area contributed by atoms with Crippen molar-refractivity contribution >= 4 is 17.6 Å². The first-order chi connectivity index (χ1) is 6.57. The molecule has 0 unspecified atom stereocenters. The number of esters is 1. The lowest BCUT2D eigenvalue weighted by Crippen LogP contribution is -2.07. The zero-order chi connectivity index (χ0) is 10.7. The topological polar surface area (TPSA) is 46.5 Å². The second kappa shape index (κ2) is 4.28. The quantitative estimate of drug-likeness (QED) is 0.776. The smallest absolute Gasteiger partial charge is 0.344 e. The van der Waals surface area contributed by atoms with Gasteiger partial charge in [0.05, 0.1) is 11.6 Å². The van der Waals surface area contributed by atoms with E-state index in [1.54, 1.807) is 6.92 Å². The predicted molar refractivity (Wildman–Crippen MR) is 49.0 cm³/mol. The number of phenolic OH excluding ortho intramolecular Hbond substituents is 1. The van der Waals surface area contributed by atoms with Gasteiger partial charge in [0.25, 0.3) is 0 Å². The highest BCUT2D eigenvalue weighted by Crippen LogP contribution is 2.29. The molecule has 5 heteroatoms. The number of phenols is 1. The van der Waals surface area contributed by atoms with Crippen molar-refractivity contribution in [1.82, 2.24) is 0 Å². The van der Waals surface area contributed by atoms with Gasteiger partial charge in [-0.25, -0.2) is 9.18 Å². The normalized spacial score (nSPS) is 9.93. The first-order valence-electron chi connectivity index (χ1n) is 3.92. The Morgan fingerprint density at radius 2 is 2.29 bits per heavy atom. The minimum Gasteiger partial charge on any atom is -0.505 e. The van der Waals surface area contributed by atoms with Crippen molar-refractivity contribution in [3.05, 3.63) is 28.5 Å². The Kier molecular flexibility index (Phi) is 3.30. The van der Waals surface area contributed by atoms with Crippen molar-refractivity contribution in [2.45, 2.75) is 6.92 Å². The molecule has 1 N–H and O–H groups in total. The van der Waals surface area contributed by atoms with Crippen LogP contribution in [0.1, 0.15) is 17.3 Å². The fourth-order valence-electron chi connectivity index (χ4n) is 0.939. The Labute approximate surface area is 85.1 Å². The van der Waals surface area contributed by atoms with Gasteiger partial charge in [-0.2, -0.15) is 0 Å². The molecule has 3 nitrogen and oxygen atoms in total. The molecule has 0 saturated carbocycles. The van der Waals surface area contributed by atoms with E-state index in [1.165, 1.54) is 0 Å². The van der Waals surface area contributed by atoms with Crippen molar-refractivity contribution < 1.29 is 19.0 Å². The third-order valence-corrected chi connectivity index (χ3v) is 1.86. The van der Waals surface area contributed by atoms with E-state index in [0.717, 1.165) is 12.1 Å². The zero-order valence-corrected chi connectivity index (χ0v) is 8.14. The average Bonchev–Trinajstić information content (AvgIpc) is 2.13. The SMILES string of the molecule is CCOC(=O)c1c(F)ccc(Cl)c1O. The van der Waals surface area contributed by atoms with Crippen LogP contribution >= 0.6 is 11.6 Å². The van der Waals surface area contributed by atoms with E-state index in [1.807, 2.05) is 0 Å². The molecule has 0 spiro atoms. The van der Waals surface area contributed by atoms with E-state index in [2.05, 4.69) is 4.74 Å². The molecule has 0 fully saturated rings. The maximum Gasteiger partial charge on any atom is 0.344 e. The first-order valence-corrected chi connectivity index (χ1v) is 4.29. The van der Waals surface area contributed by atoms with Crippen LogP contribution < -0.4 is 0 Å². The van der Waals surface area contributed by atoms with Gasteiger partial charge in [0, 0.05) is 0 Å². The molecule has 0 saturated heterocycles. The monoisotopic (exact) mass is 218 g/mol. The van der Waals surface area contributed by atoms with Gasteiger partial charge in [-0.05, 0) is 19.1 Å². The Hall–Kier alpha value is -1.29. The summed E-state index contributed by atoms with van der Waals surface area (Å²) in [6, 6.07) is 2.16. The molecule has 1 aromatic rings. The molecule has 0 amide bonds. The van der Waals surface area contributed by atoms with Crippen LogP contribution in [0.4, 0.5) is 4.39 Å². The van der Waals surface area contributed by atoms with E-state index in [0.29, 0.717) is 0 Å². The number of benzene rings is 1. The maximum atomic E-state index is 13.1. The lowest BCUT2D eigenvalue weighted by molar-refractivity contribution is 0.0517. The number of ether oxygens (including phenoxy) is 1. The third kappa shape index (κ3) is 1.96.